The first-order chi connectivity index (χ1) is 11.5. The second-order valence-electron chi connectivity index (χ2n) is 5.51. The van der Waals surface area contributed by atoms with Crippen LogP contribution < -0.4 is 10.6 Å². The van der Waals surface area contributed by atoms with E-state index in [1.54, 1.807) is 0 Å². The number of hydrogen-bond acceptors (Lipinski definition) is 6. The summed E-state index contributed by atoms with van der Waals surface area (Å²) < 4.78 is 0. The van der Waals surface area contributed by atoms with Gasteiger partial charge in [-0.2, -0.15) is 11.3 Å². The van der Waals surface area contributed by atoms with Crippen molar-refractivity contribution in [3.8, 4) is 0 Å². The molecule has 3 N–H and O–H groups in total. The van der Waals surface area contributed by atoms with Crippen LogP contribution in [0.1, 0.15) is 21.4 Å². The minimum Gasteiger partial charge on any atom is -0.383 e. The first-order valence-corrected chi connectivity index (χ1v) is 9.23. The molecule has 130 valence electrons. The topological polar surface area (TPSA) is 81.7 Å². The van der Waals surface area contributed by atoms with Gasteiger partial charge in [-0.05, 0) is 48.6 Å². The quantitative estimate of drug-likeness (QED) is 0.642. The molecule has 2 aromatic rings. The Bertz CT molecular complexity index is 668. The van der Waals surface area contributed by atoms with E-state index in [-0.39, 0.29) is 6.54 Å². The monoisotopic (exact) mass is 367 g/mol. The molecule has 0 radical (unpaired) electrons. The number of likely N-dealkylation sites (N-methyl/N-ethyl adjacent to an activating group) is 1. The molecule has 8 heteroatoms. The number of aliphatic hydroxyl groups is 1. The van der Waals surface area contributed by atoms with Crippen LogP contribution in [0.4, 0.5) is 0 Å². The van der Waals surface area contributed by atoms with Crippen LogP contribution in [-0.4, -0.2) is 49.0 Å². The summed E-state index contributed by atoms with van der Waals surface area (Å²) in [6, 6.07) is 5.57. The molecule has 6 nitrogen and oxygen atoms in total. The van der Waals surface area contributed by atoms with Crippen LogP contribution in [0.3, 0.4) is 0 Å². The molecule has 0 aliphatic rings. The Hall–Kier alpha value is -1.74. The van der Waals surface area contributed by atoms with E-state index in [9.17, 15) is 14.7 Å². The Kier molecular flexibility index (Phi) is 6.92. The number of carbonyl (C=O) groups excluding carboxylic acids is 2. The van der Waals surface area contributed by atoms with Crippen LogP contribution in [-0.2, 0) is 16.1 Å². The van der Waals surface area contributed by atoms with E-state index in [1.165, 1.54) is 22.7 Å². The van der Waals surface area contributed by atoms with Crippen molar-refractivity contribution in [2.45, 2.75) is 12.6 Å². The van der Waals surface area contributed by atoms with E-state index in [0.29, 0.717) is 13.1 Å². The standard InChI is InChI=1S/C16H21N3O3S2/c1-19(2)7-6-17-15(21)16(22)18-9-12-3-4-13(24-12)14(20)11-5-8-23-10-11/h3-5,8,10,14,20H,6-7,9H2,1-2H3,(H,17,21)(H,18,22). The van der Waals surface area contributed by atoms with Gasteiger partial charge in [-0.3, -0.25) is 9.59 Å². The molecule has 0 aliphatic heterocycles. The maximum Gasteiger partial charge on any atom is 0.309 e. The van der Waals surface area contributed by atoms with Crippen molar-refractivity contribution in [1.29, 1.82) is 0 Å². The van der Waals surface area contributed by atoms with Crippen molar-refractivity contribution in [3.05, 3.63) is 44.3 Å². The highest BCUT2D eigenvalue weighted by Crippen LogP contribution is 2.29. The first-order valence-electron chi connectivity index (χ1n) is 7.47. The Morgan fingerprint density at radius 2 is 1.96 bits per heavy atom. The average Bonchev–Trinajstić information content (AvgIpc) is 3.23. The van der Waals surface area contributed by atoms with E-state index >= 15 is 0 Å². The normalized spacial score (nSPS) is 12.2. The summed E-state index contributed by atoms with van der Waals surface area (Å²) in [5.41, 5.74) is 0.859. The molecule has 0 bridgehead atoms. The van der Waals surface area contributed by atoms with Crippen LogP contribution in [0.25, 0.3) is 0 Å². The molecule has 1 unspecified atom stereocenters. The average molecular weight is 367 g/mol. The van der Waals surface area contributed by atoms with Crippen molar-refractivity contribution in [1.82, 2.24) is 15.5 Å². The molecular weight excluding hydrogens is 346 g/mol. The van der Waals surface area contributed by atoms with Gasteiger partial charge in [-0.1, -0.05) is 0 Å². The van der Waals surface area contributed by atoms with Gasteiger partial charge in [0.2, 0.25) is 0 Å². The number of hydrogen-bond donors (Lipinski definition) is 3. The third-order valence-corrected chi connectivity index (χ3v) is 5.12. The van der Waals surface area contributed by atoms with Crippen LogP contribution in [0.5, 0.6) is 0 Å². The van der Waals surface area contributed by atoms with E-state index in [2.05, 4.69) is 10.6 Å². The maximum absolute atomic E-state index is 11.7. The minimum atomic E-state index is -0.653. The summed E-state index contributed by atoms with van der Waals surface area (Å²) in [5.74, 6) is -1.28. The fraction of sp³-hybridized carbons (Fsp3) is 0.375. The molecule has 0 saturated carbocycles. The largest absolute Gasteiger partial charge is 0.383 e. The van der Waals surface area contributed by atoms with Crippen molar-refractivity contribution < 1.29 is 14.7 Å². The molecule has 1 atom stereocenters. The fourth-order valence-corrected chi connectivity index (χ4v) is 3.60. The summed E-state index contributed by atoms with van der Waals surface area (Å²) in [4.78, 5) is 27.0. The second-order valence-corrected chi connectivity index (χ2v) is 7.49. The van der Waals surface area contributed by atoms with Gasteiger partial charge in [-0.25, -0.2) is 0 Å². The number of thiophene rings is 2. The molecule has 0 spiro atoms. The number of nitrogens with zero attached hydrogens (tertiary/aromatic N) is 1. The summed E-state index contributed by atoms with van der Waals surface area (Å²) in [7, 11) is 3.79. The smallest absolute Gasteiger partial charge is 0.309 e. The number of aliphatic hydroxyl groups excluding tert-OH is 1. The van der Waals surface area contributed by atoms with Gasteiger partial charge in [0.15, 0.2) is 0 Å². The zero-order valence-corrected chi connectivity index (χ0v) is 15.2. The third-order valence-electron chi connectivity index (χ3n) is 3.28. The zero-order valence-electron chi connectivity index (χ0n) is 13.6. The molecule has 2 amide bonds. The van der Waals surface area contributed by atoms with Gasteiger partial charge < -0.3 is 20.6 Å². The number of rotatable bonds is 7. The molecule has 2 rings (SSSR count). The third kappa shape index (κ3) is 5.41. The van der Waals surface area contributed by atoms with E-state index in [1.807, 2.05) is 48.0 Å². The predicted molar refractivity (Wildman–Crippen MR) is 96.1 cm³/mol. The summed E-state index contributed by atoms with van der Waals surface area (Å²) >= 11 is 2.95. The van der Waals surface area contributed by atoms with Crippen molar-refractivity contribution in [3.63, 3.8) is 0 Å². The lowest BCUT2D eigenvalue weighted by molar-refractivity contribution is -0.139. The second kappa shape index (κ2) is 8.93. The summed E-state index contributed by atoms with van der Waals surface area (Å²) in [5, 5.41) is 19.2. The van der Waals surface area contributed by atoms with Crippen LogP contribution in [0.15, 0.2) is 29.0 Å². The van der Waals surface area contributed by atoms with Gasteiger partial charge in [0, 0.05) is 22.8 Å². The molecule has 0 fully saturated rings. The Balaban J connectivity index is 1.80. The van der Waals surface area contributed by atoms with Gasteiger partial charge in [-0.15, -0.1) is 11.3 Å². The molecule has 2 aromatic heterocycles. The highest BCUT2D eigenvalue weighted by atomic mass is 32.1. The van der Waals surface area contributed by atoms with Gasteiger partial charge in [0.05, 0.1) is 6.54 Å². The van der Waals surface area contributed by atoms with Crippen molar-refractivity contribution in [2.24, 2.45) is 0 Å². The van der Waals surface area contributed by atoms with Crippen LogP contribution >= 0.6 is 22.7 Å². The van der Waals surface area contributed by atoms with E-state index < -0.39 is 17.9 Å². The van der Waals surface area contributed by atoms with Crippen molar-refractivity contribution >= 4 is 34.5 Å². The van der Waals surface area contributed by atoms with Gasteiger partial charge >= 0.3 is 11.8 Å². The zero-order chi connectivity index (χ0) is 17.5. The van der Waals surface area contributed by atoms with Crippen LogP contribution in [0, 0.1) is 0 Å². The Morgan fingerprint density at radius 1 is 1.21 bits per heavy atom. The van der Waals surface area contributed by atoms with Gasteiger partial charge in [0.25, 0.3) is 0 Å². The predicted octanol–water partition coefficient (Wildman–Crippen LogP) is 1.19. The molecular formula is C16H21N3O3S2. The van der Waals surface area contributed by atoms with Crippen LogP contribution in [0.2, 0.25) is 0 Å². The maximum atomic E-state index is 11.7. The number of carbonyl (C=O) groups is 2. The summed E-state index contributed by atoms with van der Waals surface area (Å²) in [6.07, 6.45) is -0.653. The van der Waals surface area contributed by atoms with E-state index in [0.717, 1.165) is 15.3 Å². The lowest BCUT2D eigenvalue weighted by Crippen LogP contribution is -2.41. The SMILES string of the molecule is CN(C)CCNC(=O)C(=O)NCc1ccc(C(O)c2ccsc2)s1. The molecule has 2 heterocycles. The lowest BCUT2D eigenvalue weighted by atomic mass is 10.2. The minimum absolute atomic E-state index is 0.265. The number of amides is 2. The van der Waals surface area contributed by atoms with Crippen molar-refractivity contribution in [2.75, 3.05) is 27.2 Å². The highest BCUT2D eigenvalue weighted by Gasteiger charge is 2.15. The lowest BCUT2D eigenvalue weighted by Gasteiger charge is -2.10. The Morgan fingerprint density at radius 3 is 2.62 bits per heavy atom. The molecule has 0 aliphatic carbocycles. The molecule has 0 saturated heterocycles. The van der Waals surface area contributed by atoms with E-state index in [4.69, 9.17) is 0 Å². The Labute approximate surface area is 149 Å². The summed E-state index contributed by atoms with van der Waals surface area (Å²) in [6.45, 7) is 1.37. The van der Waals surface area contributed by atoms with Gasteiger partial charge in [0.1, 0.15) is 6.10 Å². The number of nitrogens with one attached hydrogen (secondary N) is 2. The molecule has 0 aromatic carbocycles. The highest BCUT2D eigenvalue weighted by molar-refractivity contribution is 7.12. The molecule has 24 heavy (non-hydrogen) atoms. The fourth-order valence-electron chi connectivity index (χ4n) is 1.95. The first kappa shape index (κ1) is 18.6.